The van der Waals surface area contributed by atoms with Gasteiger partial charge in [-0.3, -0.25) is 0 Å². The summed E-state index contributed by atoms with van der Waals surface area (Å²) in [5.74, 6) is 1.64. The van der Waals surface area contributed by atoms with Gasteiger partial charge in [-0.15, -0.1) is 0 Å². The fourth-order valence-corrected chi connectivity index (χ4v) is 4.26. The van der Waals surface area contributed by atoms with Gasteiger partial charge in [-0.2, -0.15) is 0 Å². The highest BCUT2D eigenvalue weighted by Gasteiger charge is 2.28. The lowest BCUT2D eigenvalue weighted by molar-refractivity contribution is 0.144. The number of carbonyl (C=O) groups excluding carboxylic acids is 1. The molecule has 4 aromatic carbocycles. The van der Waals surface area contributed by atoms with Crippen molar-refractivity contribution >= 4 is 12.2 Å². The van der Waals surface area contributed by atoms with Gasteiger partial charge in [0, 0.05) is 12.5 Å². The molecule has 34 heavy (non-hydrogen) atoms. The maximum atomic E-state index is 12.3. The minimum absolute atomic E-state index is 0.0605. The molecular weight excluding hydrogens is 422 g/mol. The average Bonchev–Trinajstić information content (AvgIpc) is 3.21. The zero-order chi connectivity index (χ0) is 23.2. The third-order valence-electron chi connectivity index (χ3n) is 5.88. The first kappa shape index (κ1) is 21.5. The SMILES string of the molecule is O=C(NCC=Cc1ccc(Oc2ccccc2)cc1)OCC1c2ccccc2-c2ccccc21. The molecule has 4 nitrogen and oxygen atoms in total. The van der Waals surface area contributed by atoms with Gasteiger partial charge in [0.1, 0.15) is 18.1 Å². The van der Waals surface area contributed by atoms with Crippen LogP contribution in [0.4, 0.5) is 4.79 Å². The van der Waals surface area contributed by atoms with Crippen LogP contribution in [0.15, 0.2) is 109 Å². The molecule has 0 saturated carbocycles. The summed E-state index contributed by atoms with van der Waals surface area (Å²) >= 11 is 0. The van der Waals surface area contributed by atoms with E-state index in [0.717, 1.165) is 17.1 Å². The first-order chi connectivity index (χ1) is 16.8. The summed E-state index contributed by atoms with van der Waals surface area (Å²) in [5.41, 5.74) is 5.87. The lowest BCUT2D eigenvalue weighted by Gasteiger charge is -2.14. The van der Waals surface area contributed by atoms with Crippen molar-refractivity contribution in [3.63, 3.8) is 0 Å². The van der Waals surface area contributed by atoms with Crippen LogP contribution < -0.4 is 10.1 Å². The van der Waals surface area contributed by atoms with Crippen LogP contribution in [-0.2, 0) is 4.74 Å². The monoisotopic (exact) mass is 447 g/mol. The molecule has 1 N–H and O–H groups in total. The largest absolute Gasteiger partial charge is 0.457 e. The van der Waals surface area contributed by atoms with Gasteiger partial charge >= 0.3 is 6.09 Å². The normalized spacial score (nSPS) is 12.2. The second kappa shape index (κ2) is 10.1. The summed E-state index contributed by atoms with van der Waals surface area (Å²) in [7, 11) is 0. The number of ether oxygens (including phenoxy) is 2. The highest BCUT2D eigenvalue weighted by atomic mass is 16.5. The van der Waals surface area contributed by atoms with E-state index in [-0.39, 0.29) is 5.92 Å². The molecule has 168 valence electrons. The van der Waals surface area contributed by atoms with Crippen molar-refractivity contribution in [1.29, 1.82) is 0 Å². The second-order valence-corrected chi connectivity index (χ2v) is 8.09. The van der Waals surface area contributed by atoms with Crippen molar-refractivity contribution in [3.8, 4) is 22.6 Å². The van der Waals surface area contributed by atoms with E-state index in [9.17, 15) is 4.79 Å². The predicted molar refractivity (Wildman–Crippen MR) is 135 cm³/mol. The predicted octanol–water partition coefficient (Wildman–Crippen LogP) is 7.03. The molecule has 0 radical (unpaired) electrons. The Labute approximate surface area is 199 Å². The Morgan fingerprint density at radius 2 is 1.32 bits per heavy atom. The van der Waals surface area contributed by atoms with Crippen LogP contribution in [0.5, 0.6) is 11.5 Å². The Morgan fingerprint density at radius 1 is 0.735 bits per heavy atom. The number of nitrogens with one attached hydrogen (secondary N) is 1. The molecule has 0 spiro atoms. The number of fused-ring (bicyclic) bond motifs is 3. The topological polar surface area (TPSA) is 47.6 Å². The van der Waals surface area contributed by atoms with Gasteiger partial charge in [0.25, 0.3) is 0 Å². The van der Waals surface area contributed by atoms with Gasteiger partial charge < -0.3 is 14.8 Å². The number of hydrogen-bond donors (Lipinski definition) is 1. The van der Waals surface area contributed by atoms with Gasteiger partial charge in [-0.1, -0.05) is 91.0 Å². The molecule has 0 heterocycles. The highest BCUT2D eigenvalue weighted by molar-refractivity contribution is 5.79. The number of amides is 1. The molecule has 0 fully saturated rings. The number of alkyl carbamates (subject to hydrolysis) is 1. The fourth-order valence-electron chi connectivity index (χ4n) is 4.26. The first-order valence-corrected chi connectivity index (χ1v) is 11.4. The number of benzene rings is 4. The van der Waals surface area contributed by atoms with Gasteiger partial charge in [-0.05, 0) is 52.1 Å². The standard InChI is InChI=1S/C30H25NO3/c32-30(33-21-29-27-14-6-4-12-25(27)26-13-5-7-15-28(26)29)31-20-8-9-22-16-18-24(19-17-22)34-23-10-2-1-3-11-23/h1-19,29H,20-21H2,(H,31,32). The van der Waals surface area contributed by atoms with E-state index < -0.39 is 6.09 Å². The van der Waals surface area contributed by atoms with Gasteiger partial charge in [0.15, 0.2) is 0 Å². The van der Waals surface area contributed by atoms with E-state index in [0.29, 0.717) is 13.2 Å². The maximum absolute atomic E-state index is 12.3. The Balaban J connectivity index is 1.11. The summed E-state index contributed by atoms with van der Waals surface area (Å²) in [5, 5.41) is 2.80. The molecule has 0 aliphatic heterocycles. The molecule has 0 bridgehead atoms. The summed E-state index contributed by atoms with van der Waals surface area (Å²) in [6, 6.07) is 34.1. The van der Waals surface area contributed by atoms with E-state index in [4.69, 9.17) is 9.47 Å². The lowest BCUT2D eigenvalue weighted by Crippen LogP contribution is -2.26. The smallest absolute Gasteiger partial charge is 0.407 e. The number of carbonyl (C=O) groups is 1. The Hall–Kier alpha value is -4.31. The number of rotatable bonds is 7. The summed E-state index contributed by atoms with van der Waals surface area (Å²) in [6.45, 7) is 0.700. The van der Waals surface area contributed by atoms with Crippen molar-refractivity contribution in [2.75, 3.05) is 13.2 Å². The first-order valence-electron chi connectivity index (χ1n) is 11.4. The van der Waals surface area contributed by atoms with Crippen LogP contribution in [0, 0.1) is 0 Å². The summed E-state index contributed by atoms with van der Waals surface area (Å²) < 4.78 is 11.4. The summed E-state index contributed by atoms with van der Waals surface area (Å²) in [6.07, 6.45) is 3.43. The molecule has 0 atom stereocenters. The van der Waals surface area contributed by atoms with Gasteiger partial charge in [-0.25, -0.2) is 4.79 Å². The van der Waals surface area contributed by atoms with Crippen molar-refractivity contribution in [2.24, 2.45) is 0 Å². The zero-order valence-corrected chi connectivity index (χ0v) is 18.7. The number of hydrogen-bond acceptors (Lipinski definition) is 3. The fraction of sp³-hybridized carbons (Fsp3) is 0.100. The van der Waals surface area contributed by atoms with Crippen LogP contribution in [0.1, 0.15) is 22.6 Å². The molecule has 1 aliphatic carbocycles. The minimum Gasteiger partial charge on any atom is -0.457 e. The molecule has 0 unspecified atom stereocenters. The third kappa shape index (κ3) is 4.86. The summed E-state index contributed by atoms with van der Waals surface area (Å²) in [4.78, 5) is 12.3. The highest BCUT2D eigenvalue weighted by Crippen LogP contribution is 2.44. The van der Waals surface area contributed by atoms with Crippen LogP contribution >= 0.6 is 0 Å². The molecule has 4 heteroatoms. The Kier molecular flexibility index (Phi) is 6.39. The van der Waals surface area contributed by atoms with E-state index in [1.54, 1.807) is 0 Å². The molecular formula is C30H25NO3. The molecule has 5 rings (SSSR count). The molecule has 0 aromatic heterocycles. The van der Waals surface area contributed by atoms with E-state index in [1.807, 2.05) is 91.0 Å². The quantitative estimate of drug-likeness (QED) is 0.331. The van der Waals surface area contributed by atoms with Crippen LogP contribution in [0.25, 0.3) is 17.2 Å². The molecule has 1 aliphatic rings. The third-order valence-corrected chi connectivity index (χ3v) is 5.88. The average molecular weight is 448 g/mol. The molecule has 1 amide bonds. The van der Waals surface area contributed by atoms with E-state index in [1.165, 1.54) is 22.3 Å². The molecule has 4 aromatic rings. The zero-order valence-electron chi connectivity index (χ0n) is 18.7. The minimum atomic E-state index is -0.418. The van der Waals surface area contributed by atoms with Crippen LogP contribution in [0.2, 0.25) is 0 Å². The number of para-hydroxylation sites is 1. The van der Waals surface area contributed by atoms with Gasteiger partial charge in [0.05, 0.1) is 0 Å². The Morgan fingerprint density at radius 3 is 2.00 bits per heavy atom. The van der Waals surface area contributed by atoms with E-state index in [2.05, 4.69) is 29.6 Å². The van der Waals surface area contributed by atoms with Crippen molar-refractivity contribution in [2.45, 2.75) is 5.92 Å². The van der Waals surface area contributed by atoms with Gasteiger partial charge in [0.2, 0.25) is 0 Å². The van der Waals surface area contributed by atoms with Crippen molar-refractivity contribution in [3.05, 3.63) is 126 Å². The lowest BCUT2D eigenvalue weighted by atomic mass is 9.98. The maximum Gasteiger partial charge on any atom is 0.407 e. The molecule has 0 saturated heterocycles. The second-order valence-electron chi connectivity index (χ2n) is 8.09. The van der Waals surface area contributed by atoms with Crippen molar-refractivity contribution in [1.82, 2.24) is 5.32 Å². The van der Waals surface area contributed by atoms with Crippen LogP contribution in [0.3, 0.4) is 0 Å². The van der Waals surface area contributed by atoms with E-state index >= 15 is 0 Å². The van der Waals surface area contributed by atoms with Crippen LogP contribution in [-0.4, -0.2) is 19.2 Å². The Bertz CT molecular complexity index is 1250. The van der Waals surface area contributed by atoms with Crippen molar-refractivity contribution < 1.29 is 14.3 Å².